The molecule has 0 heterocycles. The highest BCUT2D eigenvalue weighted by Crippen LogP contribution is 2.32. The molecule has 2 rings (SSSR count). The molecule has 7 heteroatoms. The van der Waals surface area contributed by atoms with E-state index in [1.54, 1.807) is 14.0 Å². The number of halogens is 1. The number of nitrogens with zero attached hydrogens (tertiary/aromatic N) is 1. The molecule has 1 aromatic rings. The van der Waals surface area contributed by atoms with Crippen molar-refractivity contribution in [3.8, 4) is 0 Å². The number of amides is 1. The Bertz CT molecular complexity index is 549. The van der Waals surface area contributed by atoms with Gasteiger partial charge in [0, 0.05) is 13.6 Å². The number of alkyl carbamates (subject to hydrolysis) is 1. The normalized spacial score (nSPS) is 16.2. The maximum Gasteiger partial charge on any atom is 0.407 e. The van der Waals surface area contributed by atoms with Crippen LogP contribution in [0, 0.1) is 5.92 Å². The molecular weight excluding hydrogens is 431 g/mol. The number of carbonyl (C=O) groups is 1. The number of hydrogen-bond acceptors (Lipinski definition) is 3. The predicted molar refractivity (Wildman–Crippen MR) is 111 cm³/mol. The quantitative estimate of drug-likeness (QED) is 0.332. The van der Waals surface area contributed by atoms with E-state index in [4.69, 9.17) is 4.74 Å². The van der Waals surface area contributed by atoms with Gasteiger partial charge in [-0.15, -0.1) is 24.0 Å². The van der Waals surface area contributed by atoms with E-state index < -0.39 is 0 Å². The fourth-order valence-corrected chi connectivity index (χ4v) is 2.59. The van der Waals surface area contributed by atoms with E-state index in [0.29, 0.717) is 19.1 Å². The lowest BCUT2D eigenvalue weighted by atomic mass is 10.1. The Morgan fingerprint density at radius 1 is 1.28 bits per heavy atom. The summed E-state index contributed by atoms with van der Waals surface area (Å²) in [5.41, 5.74) is 1.20. The van der Waals surface area contributed by atoms with E-state index in [0.717, 1.165) is 18.8 Å². The zero-order valence-corrected chi connectivity index (χ0v) is 17.4. The first-order valence-electron chi connectivity index (χ1n) is 8.59. The van der Waals surface area contributed by atoms with Gasteiger partial charge in [0.2, 0.25) is 0 Å². The molecule has 0 bridgehead atoms. The van der Waals surface area contributed by atoms with Gasteiger partial charge in [0.25, 0.3) is 0 Å². The maximum absolute atomic E-state index is 11.7. The van der Waals surface area contributed by atoms with Crippen LogP contribution in [-0.4, -0.2) is 38.3 Å². The summed E-state index contributed by atoms with van der Waals surface area (Å²) in [7, 11) is 1.75. The highest BCUT2D eigenvalue weighted by atomic mass is 127. The Labute approximate surface area is 167 Å². The number of aliphatic imine (C=N–C) groups is 1. The molecule has 1 saturated carbocycles. The molecule has 0 radical (unpaired) electrons. The lowest BCUT2D eigenvalue weighted by Gasteiger charge is -2.22. The van der Waals surface area contributed by atoms with Gasteiger partial charge >= 0.3 is 6.09 Å². The minimum Gasteiger partial charge on any atom is -0.450 e. The molecule has 0 aliphatic heterocycles. The van der Waals surface area contributed by atoms with Crippen molar-refractivity contribution >= 4 is 36.0 Å². The molecule has 2 atom stereocenters. The van der Waals surface area contributed by atoms with Crippen molar-refractivity contribution in [1.29, 1.82) is 0 Å². The average Bonchev–Trinajstić information content (AvgIpc) is 3.43. The second kappa shape index (κ2) is 11.2. The molecule has 25 heavy (non-hydrogen) atoms. The topological polar surface area (TPSA) is 74.8 Å². The SMILES string of the molecule is CCOC(=O)NC(CNC(=NC)NC(C)c1ccccc1)C1CC1.I. The predicted octanol–water partition coefficient (Wildman–Crippen LogP) is 3.06. The second-order valence-corrected chi connectivity index (χ2v) is 6.04. The van der Waals surface area contributed by atoms with E-state index in [1.807, 2.05) is 18.2 Å². The summed E-state index contributed by atoms with van der Waals surface area (Å²) in [6.07, 6.45) is 1.94. The van der Waals surface area contributed by atoms with Gasteiger partial charge in [-0.05, 0) is 38.2 Å². The summed E-state index contributed by atoms with van der Waals surface area (Å²) in [6, 6.07) is 10.4. The molecule has 1 fully saturated rings. The van der Waals surface area contributed by atoms with Gasteiger partial charge in [0.05, 0.1) is 18.7 Å². The van der Waals surface area contributed by atoms with Crippen molar-refractivity contribution < 1.29 is 9.53 Å². The maximum atomic E-state index is 11.7. The van der Waals surface area contributed by atoms with Gasteiger partial charge in [-0.2, -0.15) is 0 Å². The largest absolute Gasteiger partial charge is 0.450 e. The molecule has 6 nitrogen and oxygen atoms in total. The van der Waals surface area contributed by atoms with E-state index in [1.165, 1.54) is 5.56 Å². The van der Waals surface area contributed by atoms with Crippen LogP contribution in [0.1, 0.15) is 38.3 Å². The van der Waals surface area contributed by atoms with Gasteiger partial charge in [-0.25, -0.2) is 4.79 Å². The zero-order chi connectivity index (χ0) is 17.4. The Morgan fingerprint density at radius 2 is 1.96 bits per heavy atom. The molecule has 140 valence electrons. The van der Waals surface area contributed by atoms with Crippen LogP contribution in [0.2, 0.25) is 0 Å². The summed E-state index contributed by atoms with van der Waals surface area (Å²) in [6.45, 7) is 4.91. The van der Waals surface area contributed by atoms with Crippen LogP contribution in [0.15, 0.2) is 35.3 Å². The number of ether oxygens (including phenoxy) is 1. The van der Waals surface area contributed by atoms with Crippen LogP contribution in [0.5, 0.6) is 0 Å². The minimum atomic E-state index is -0.350. The molecule has 2 unspecified atom stereocenters. The summed E-state index contributed by atoms with van der Waals surface area (Å²) in [5, 5.41) is 9.62. The van der Waals surface area contributed by atoms with Crippen molar-refractivity contribution in [3.63, 3.8) is 0 Å². The summed E-state index contributed by atoms with van der Waals surface area (Å²) < 4.78 is 4.98. The highest BCUT2D eigenvalue weighted by Gasteiger charge is 2.32. The van der Waals surface area contributed by atoms with E-state index >= 15 is 0 Å². The van der Waals surface area contributed by atoms with Crippen molar-refractivity contribution in [3.05, 3.63) is 35.9 Å². The van der Waals surface area contributed by atoms with E-state index in [2.05, 4.69) is 40.0 Å². The monoisotopic (exact) mass is 460 g/mol. The molecule has 1 aromatic carbocycles. The summed E-state index contributed by atoms with van der Waals surface area (Å²) in [5.74, 6) is 1.24. The summed E-state index contributed by atoms with van der Waals surface area (Å²) in [4.78, 5) is 15.9. The number of nitrogens with one attached hydrogen (secondary N) is 3. The van der Waals surface area contributed by atoms with Crippen molar-refractivity contribution in [1.82, 2.24) is 16.0 Å². The summed E-state index contributed by atoms with van der Waals surface area (Å²) >= 11 is 0. The van der Waals surface area contributed by atoms with Crippen LogP contribution in [0.3, 0.4) is 0 Å². The molecule has 1 aliphatic rings. The number of benzene rings is 1. The molecule has 3 N–H and O–H groups in total. The lowest BCUT2D eigenvalue weighted by molar-refractivity contribution is 0.146. The molecule has 0 spiro atoms. The smallest absolute Gasteiger partial charge is 0.407 e. The van der Waals surface area contributed by atoms with Crippen LogP contribution < -0.4 is 16.0 Å². The number of rotatable bonds is 7. The first-order valence-corrected chi connectivity index (χ1v) is 8.59. The van der Waals surface area contributed by atoms with Gasteiger partial charge < -0.3 is 20.7 Å². The van der Waals surface area contributed by atoms with Crippen molar-refractivity contribution in [2.24, 2.45) is 10.9 Å². The van der Waals surface area contributed by atoms with Gasteiger partial charge in [0.1, 0.15) is 0 Å². The van der Waals surface area contributed by atoms with E-state index in [9.17, 15) is 4.79 Å². The third kappa shape index (κ3) is 7.50. The molecule has 0 saturated heterocycles. The van der Waals surface area contributed by atoms with E-state index in [-0.39, 0.29) is 42.2 Å². The minimum absolute atomic E-state index is 0. The Morgan fingerprint density at radius 3 is 2.52 bits per heavy atom. The van der Waals surface area contributed by atoms with Crippen molar-refractivity contribution in [2.75, 3.05) is 20.2 Å². The fourth-order valence-electron chi connectivity index (χ4n) is 2.59. The first-order chi connectivity index (χ1) is 11.6. The number of carbonyl (C=O) groups excluding carboxylic acids is 1. The Balaban J connectivity index is 0.00000312. The number of hydrogen-bond donors (Lipinski definition) is 3. The Kier molecular flexibility index (Phi) is 9.62. The third-order valence-corrected chi connectivity index (χ3v) is 4.14. The molecule has 0 aromatic heterocycles. The zero-order valence-electron chi connectivity index (χ0n) is 15.1. The fraction of sp³-hybridized carbons (Fsp3) is 0.556. The number of guanidine groups is 1. The van der Waals surface area contributed by atoms with Crippen LogP contribution in [-0.2, 0) is 4.74 Å². The molecular formula is C18H29IN4O2. The first kappa shape index (κ1) is 21.5. The molecule has 1 amide bonds. The van der Waals surface area contributed by atoms with Gasteiger partial charge in [-0.1, -0.05) is 30.3 Å². The van der Waals surface area contributed by atoms with Crippen molar-refractivity contribution in [2.45, 2.75) is 38.8 Å². The van der Waals surface area contributed by atoms with Gasteiger partial charge in [-0.3, -0.25) is 4.99 Å². The lowest BCUT2D eigenvalue weighted by Crippen LogP contribution is -2.48. The highest BCUT2D eigenvalue weighted by molar-refractivity contribution is 14.0. The second-order valence-electron chi connectivity index (χ2n) is 6.04. The van der Waals surface area contributed by atoms with Crippen LogP contribution >= 0.6 is 24.0 Å². The average molecular weight is 460 g/mol. The standard InChI is InChI=1S/C18H28N4O2.HI/c1-4-24-18(23)22-16(15-10-11-15)12-20-17(19-3)21-13(2)14-8-6-5-7-9-14;/h5-9,13,15-16H,4,10-12H2,1-3H3,(H,22,23)(H2,19,20,21);1H. The molecule has 1 aliphatic carbocycles. The van der Waals surface area contributed by atoms with Crippen LogP contribution in [0.25, 0.3) is 0 Å². The third-order valence-electron chi connectivity index (χ3n) is 4.14. The van der Waals surface area contributed by atoms with Crippen LogP contribution in [0.4, 0.5) is 4.79 Å². The van der Waals surface area contributed by atoms with Gasteiger partial charge in [0.15, 0.2) is 5.96 Å². The Hall–Kier alpha value is -1.51.